The molecule has 0 aliphatic carbocycles. The van der Waals surface area contributed by atoms with Crippen molar-refractivity contribution in [3.63, 3.8) is 0 Å². The lowest BCUT2D eigenvalue weighted by atomic mass is 10.0. The highest BCUT2D eigenvalue weighted by molar-refractivity contribution is 5.95. The van der Waals surface area contributed by atoms with Gasteiger partial charge in [0.2, 0.25) is 0 Å². The fourth-order valence-corrected chi connectivity index (χ4v) is 3.69. The van der Waals surface area contributed by atoms with Gasteiger partial charge in [-0.2, -0.15) is 5.10 Å². The van der Waals surface area contributed by atoms with E-state index in [4.69, 9.17) is 9.84 Å². The van der Waals surface area contributed by atoms with Crippen LogP contribution in [0.3, 0.4) is 0 Å². The van der Waals surface area contributed by atoms with Gasteiger partial charge >= 0.3 is 0 Å². The molecule has 144 valence electrons. The summed E-state index contributed by atoms with van der Waals surface area (Å²) in [6.07, 6.45) is 2.74. The highest BCUT2D eigenvalue weighted by atomic mass is 16.5. The number of benzene rings is 2. The highest BCUT2D eigenvalue weighted by Gasteiger charge is 2.25. The van der Waals surface area contributed by atoms with Crippen molar-refractivity contribution >= 4 is 5.91 Å². The Hall–Kier alpha value is -2.92. The van der Waals surface area contributed by atoms with Crippen LogP contribution in [-0.2, 0) is 17.7 Å². The number of aryl methyl sites for hydroxylation is 2. The predicted octanol–water partition coefficient (Wildman–Crippen LogP) is 3.59. The first-order chi connectivity index (χ1) is 13.6. The number of nitrogens with zero attached hydrogens (tertiary/aromatic N) is 2. The summed E-state index contributed by atoms with van der Waals surface area (Å²) in [6.45, 7) is 5.78. The van der Waals surface area contributed by atoms with Crippen molar-refractivity contribution in [2.45, 2.75) is 32.9 Å². The molecule has 4 rings (SSSR count). The maximum absolute atomic E-state index is 12.6. The lowest BCUT2D eigenvalue weighted by Gasteiger charge is -2.22. The van der Waals surface area contributed by atoms with Crippen LogP contribution in [-0.4, -0.2) is 28.8 Å². The molecule has 5 nitrogen and oxygen atoms in total. The van der Waals surface area contributed by atoms with E-state index in [1.54, 1.807) is 0 Å². The zero-order chi connectivity index (χ0) is 19.5. The molecule has 1 atom stereocenters. The summed E-state index contributed by atoms with van der Waals surface area (Å²) in [7, 11) is 0. The summed E-state index contributed by atoms with van der Waals surface area (Å²) in [5, 5.41) is 7.76. The Bertz CT molecular complexity index is 979. The molecule has 2 heterocycles. The molecule has 1 N–H and O–H groups in total. The van der Waals surface area contributed by atoms with Crippen molar-refractivity contribution in [2.75, 3.05) is 13.2 Å². The molecule has 0 bridgehead atoms. The summed E-state index contributed by atoms with van der Waals surface area (Å²) >= 11 is 0. The fourth-order valence-electron chi connectivity index (χ4n) is 3.69. The average Bonchev–Trinajstić information content (AvgIpc) is 3.10. The zero-order valence-corrected chi connectivity index (χ0v) is 16.3. The van der Waals surface area contributed by atoms with Crippen molar-refractivity contribution in [1.82, 2.24) is 15.1 Å². The van der Waals surface area contributed by atoms with Gasteiger partial charge in [-0.3, -0.25) is 9.48 Å². The minimum atomic E-state index is -0.213. The number of fused-ring (bicyclic) bond motifs is 1. The number of hydrogen-bond acceptors (Lipinski definition) is 3. The van der Waals surface area contributed by atoms with Crippen molar-refractivity contribution in [1.29, 1.82) is 0 Å². The van der Waals surface area contributed by atoms with Gasteiger partial charge in [0.05, 0.1) is 18.8 Å². The van der Waals surface area contributed by atoms with Crippen LogP contribution in [0.1, 0.15) is 44.4 Å². The average molecular weight is 375 g/mol. The minimum Gasteiger partial charge on any atom is -0.370 e. The normalized spacial score (nSPS) is 15.9. The second-order valence-electron chi connectivity index (χ2n) is 7.36. The van der Waals surface area contributed by atoms with Crippen molar-refractivity contribution in [2.24, 2.45) is 0 Å². The first-order valence-electron chi connectivity index (χ1n) is 9.67. The van der Waals surface area contributed by atoms with E-state index >= 15 is 0 Å². The first-order valence-corrected chi connectivity index (χ1v) is 9.67. The monoisotopic (exact) mass is 375 g/mol. The summed E-state index contributed by atoms with van der Waals surface area (Å²) in [6, 6.07) is 16.1. The van der Waals surface area contributed by atoms with E-state index in [0.29, 0.717) is 18.7 Å². The van der Waals surface area contributed by atoms with E-state index in [1.165, 1.54) is 11.1 Å². The maximum atomic E-state index is 12.6. The molecular formula is C23H25N3O2. The molecule has 2 aromatic carbocycles. The van der Waals surface area contributed by atoms with Crippen molar-refractivity contribution in [3.05, 3.63) is 88.2 Å². The Morgan fingerprint density at radius 3 is 2.82 bits per heavy atom. The van der Waals surface area contributed by atoms with Crippen LogP contribution in [0, 0.1) is 13.8 Å². The quantitative estimate of drug-likeness (QED) is 0.741. The molecule has 0 saturated heterocycles. The molecule has 0 fully saturated rings. The van der Waals surface area contributed by atoms with Gasteiger partial charge in [0.15, 0.2) is 0 Å². The number of aromatic nitrogens is 2. The summed E-state index contributed by atoms with van der Waals surface area (Å²) in [5.41, 5.74) is 6.18. The Labute approximate surface area is 165 Å². The van der Waals surface area contributed by atoms with E-state index < -0.39 is 0 Å². The SMILES string of the molecule is Cc1ccc(C(=O)NCC2OCCc3cn(Cc4ccccc4)nc32)c(C)c1. The molecule has 1 aromatic heterocycles. The van der Waals surface area contributed by atoms with Gasteiger partial charge in [0, 0.05) is 18.3 Å². The molecule has 1 aliphatic heterocycles. The third-order valence-corrected chi connectivity index (χ3v) is 5.13. The molecule has 1 aliphatic rings. The molecular weight excluding hydrogens is 350 g/mol. The number of ether oxygens (including phenoxy) is 1. The van der Waals surface area contributed by atoms with E-state index in [2.05, 4.69) is 23.6 Å². The summed E-state index contributed by atoms with van der Waals surface area (Å²) in [4.78, 5) is 12.6. The van der Waals surface area contributed by atoms with Crippen LogP contribution in [0.2, 0.25) is 0 Å². The van der Waals surface area contributed by atoms with Crippen LogP contribution in [0.25, 0.3) is 0 Å². The summed E-state index contributed by atoms with van der Waals surface area (Å²) < 4.78 is 7.88. The number of rotatable bonds is 5. The number of amides is 1. The number of hydrogen-bond donors (Lipinski definition) is 1. The number of nitrogens with one attached hydrogen (secondary N) is 1. The topological polar surface area (TPSA) is 56.1 Å². The van der Waals surface area contributed by atoms with Crippen LogP contribution >= 0.6 is 0 Å². The fraction of sp³-hybridized carbons (Fsp3) is 0.304. The smallest absolute Gasteiger partial charge is 0.251 e. The summed E-state index contributed by atoms with van der Waals surface area (Å²) in [5.74, 6) is -0.0723. The second-order valence-corrected chi connectivity index (χ2v) is 7.36. The maximum Gasteiger partial charge on any atom is 0.251 e. The number of carbonyl (C=O) groups excluding carboxylic acids is 1. The molecule has 3 aromatic rings. The van der Waals surface area contributed by atoms with E-state index in [-0.39, 0.29) is 12.0 Å². The van der Waals surface area contributed by atoms with E-state index in [9.17, 15) is 4.79 Å². The van der Waals surface area contributed by atoms with Gasteiger partial charge in [-0.25, -0.2) is 0 Å². The highest BCUT2D eigenvalue weighted by Crippen LogP contribution is 2.25. The van der Waals surface area contributed by atoms with Gasteiger partial charge in [-0.05, 0) is 43.0 Å². The minimum absolute atomic E-state index is 0.0723. The Kier molecular flexibility index (Phi) is 5.26. The second kappa shape index (κ2) is 7.98. The molecule has 28 heavy (non-hydrogen) atoms. The third-order valence-electron chi connectivity index (χ3n) is 5.13. The van der Waals surface area contributed by atoms with Crippen LogP contribution in [0.4, 0.5) is 0 Å². The van der Waals surface area contributed by atoms with Crippen molar-refractivity contribution in [3.8, 4) is 0 Å². The van der Waals surface area contributed by atoms with Gasteiger partial charge in [-0.15, -0.1) is 0 Å². The predicted molar refractivity (Wildman–Crippen MR) is 108 cm³/mol. The van der Waals surface area contributed by atoms with Gasteiger partial charge in [0.1, 0.15) is 6.10 Å². The largest absolute Gasteiger partial charge is 0.370 e. The van der Waals surface area contributed by atoms with Crippen molar-refractivity contribution < 1.29 is 9.53 Å². The van der Waals surface area contributed by atoms with Gasteiger partial charge in [0.25, 0.3) is 5.91 Å². The van der Waals surface area contributed by atoms with Crippen LogP contribution in [0.5, 0.6) is 0 Å². The first kappa shape index (κ1) is 18.4. The Morgan fingerprint density at radius 1 is 1.21 bits per heavy atom. The molecule has 1 amide bonds. The molecule has 0 spiro atoms. The Morgan fingerprint density at radius 2 is 2.04 bits per heavy atom. The van der Waals surface area contributed by atoms with Crippen LogP contribution < -0.4 is 5.32 Å². The van der Waals surface area contributed by atoms with E-state index in [1.807, 2.05) is 54.9 Å². The molecule has 5 heteroatoms. The lowest BCUT2D eigenvalue weighted by Crippen LogP contribution is -2.32. The molecule has 0 radical (unpaired) electrons. The van der Waals surface area contributed by atoms with Gasteiger partial charge < -0.3 is 10.1 Å². The van der Waals surface area contributed by atoms with E-state index in [0.717, 1.165) is 29.8 Å². The Balaban J connectivity index is 1.45. The molecule has 1 unspecified atom stereocenters. The zero-order valence-electron chi connectivity index (χ0n) is 16.3. The number of carbonyl (C=O) groups is 1. The standard InChI is InChI=1S/C23H25N3O2/c1-16-8-9-20(17(2)12-16)23(27)24-13-21-22-19(10-11-28-21)15-26(25-22)14-18-6-4-3-5-7-18/h3-9,12,15,21H,10-11,13-14H2,1-2H3,(H,24,27). The van der Waals surface area contributed by atoms with Gasteiger partial charge in [-0.1, -0.05) is 48.0 Å². The van der Waals surface area contributed by atoms with Crippen LogP contribution in [0.15, 0.2) is 54.7 Å². The molecule has 0 saturated carbocycles. The third kappa shape index (κ3) is 3.99. The lowest BCUT2D eigenvalue weighted by molar-refractivity contribution is 0.0383.